The van der Waals surface area contributed by atoms with E-state index in [1.807, 2.05) is 11.8 Å². The first-order valence-corrected chi connectivity index (χ1v) is 7.38. The molecule has 1 aliphatic heterocycles. The van der Waals surface area contributed by atoms with Gasteiger partial charge in [-0.1, -0.05) is 18.2 Å². The van der Waals surface area contributed by atoms with Crippen molar-refractivity contribution in [1.82, 2.24) is 4.90 Å². The van der Waals surface area contributed by atoms with E-state index in [1.54, 1.807) is 0 Å². The highest BCUT2D eigenvalue weighted by molar-refractivity contribution is 7.99. The molecule has 1 aromatic carbocycles. The lowest BCUT2D eigenvalue weighted by Gasteiger charge is -2.14. The van der Waals surface area contributed by atoms with Crippen LogP contribution in [0.5, 0.6) is 0 Å². The molecule has 0 bridgehead atoms. The van der Waals surface area contributed by atoms with Crippen LogP contribution >= 0.6 is 11.8 Å². The van der Waals surface area contributed by atoms with Crippen LogP contribution in [0.4, 0.5) is 0 Å². The van der Waals surface area contributed by atoms with Gasteiger partial charge in [-0.3, -0.25) is 0 Å². The van der Waals surface area contributed by atoms with Gasteiger partial charge in [0, 0.05) is 30.3 Å². The first-order valence-electron chi connectivity index (χ1n) is 6.39. The standard InChI is InChI=1S/C14H21NOS/c16-10-4-8-15-9-7-13(11-15)12-17-14-5-2-1-3-6-14/h1-3,5-6,13,16H,4,7-12H2. The van der Waals surface area contributed by atoms with Gasteiger partial charge in [0.1, 0.15) is 0 Å². The Balaban J connectivity index is 1.68. The second-order valence-electron chi connectivity index (χ2n) is 4.66. The molecule has 1 atom stereocenters. The third kappa shape index (κ3) is 4.34. The van der Waals surface area contributed by atoms with Crippen molar-refractivity contribution in [2.75, 3.05) is 32.0 Å². The van der Waals surface area contributed by atoms with Gasteiger partial charge in [0.2, 0.25) is 0 Å². The normalized spacial score (nSPS) is 20.9. The molecular formula is C14H21NOS. The number of aliphatic hydroxyl groups excluding tert-OH is 1. The number of rotatable bonds is 6. The molecule has 0 saturated carbocycles. The summed E-state index contributed by atoms with van der Waals surface area (Å²) in [5.41, 5.74) is 0. The summed E-state index contributed by atoms with van der Waals surface area (Å²) >= 11 is 1.97. The van der Waals surface area contributed by atoms with Gasteiger partial charge in [-0.15, -0.1) is 11.8 Å². The number of hydrogen-bond donors (Lipinski definition) is 1. The third-order valence-electron chi connectivity index (χ3n) is 3.23. The molecule has 1 heterocycles. The Bertz CT molecular complexity index is 317. The highest BCUT2D eigenvalue weighted by atomic mass is 32.2. The van der Waals surface area contributed by atoms with Crippen molar-refractivity contribution in [2.45, 2.75) is 17.7 Å². The van der Waals surface area contributed by atoms with Crippen LogP contribution in [0, 0.1) is 5.92 Å². The monoisotopic (exact) mass is 251 g/mol. The van der Waals surface area contributed by atoms with Crippen LogP contribution in [0.15, 0.2) is 35.2 Å². The van der Waals surface area contributed by atoms with Crippen LogP contribution in [0.1, 0.15) is 12.8 Å². The van der Waals surface area contributed by atoms with E-state index in [-0.39, 0.29) is 0 Å². The Hall–Kier alpha value is -0.510. The molecular weight excluding hydrogens is 230 g/mol. The maximum absolute atomic E-state index is 8.81. The Morgan fingerprint density at radius 1 is 1.29 bits per heavy atom. The number of likely N-dealkylation sites (tertiary alicyclic amines) is 1. The fourth-order valence-electron chi connectivity index (χ4n) is 2.28. The van der Waals surface area contributed by atoms with Gasteiger partial charge in [-0.05, 0) is 37.4 Å². The van der Waals surface area contributed by atoms with Crippen molar-refractivity contribution in [3.63, 3.8) is 0 Å². The molecule has 2 nitrogen and oxygen atoms in total. The first kappa shape index (κ1) is 12.9. The Morgan fingerprint density at radius 2 is 2.12 bits per heavy atom. The number of aliphatic hydroxyl groups is 1. The summed E-state index contributed by atoms with van der Waals surface area (Å²) in [5, 5.41) is 8.81. The van der Waals surface area contributed by atoms with Crippen molar-refractivity contribution in [2.24, 2.45) is 5.92 Å². The van der Waals surface area contributed by atoms with E-state index in [0.717, 1.165) is 18.9 Å². The maximum Gasteiger partial charge on any atom is 0.0443 e. The molecule has 0 radical (unpaired) electrons. The molecule has 94 valence electrons. The maximum atomic E-state index is 8.81. The average Bonchev–Trinajstić information content (AvgIpc) is 2.83. The summed E-state index contributed by atoms with van der Waals surface area (Å²) in [5.74, 6) is 2.04. The molecule has 1 aromatic rings. The molecule has 0 aliphatic carbocycles. The molecule has 1 saturated heterocycles. The van der Waals surface area contributed by atoms with Crippen molar-refractivity contribution in [3.8, 4) is 0 Å². The third-order valence-corrected chi connectivity index (χ3v) is 4.47. The summed E-state index contributed by atoms with van der Waals surface area (Å²) in [4.78, 5) is 3.85. The topological polar surface area (TPSA) is 23.5 Å². The number of benzene rings is 1. The average molecular weight is 251 g/mol. The largest absolute Gasteiger partial charge is 0.396 e. The highest BCUT2D eigenvalue weighted by Crippen LogP contribution is 2.25. The Morgan fingerprint density at radius 3 is 2.88 bits per heavy atom. The predicted octanol–water partition coefficient (Wildman–Crippen LogP) is 2.48. The van der Waals surface area contributed by atoms with Crippen molar-refractivity contribution in [1.29, 1.82) is 0 Å². The van der Waals surface area contributed by atoms with Crippen molar-refractivity contribution < 1.29 is 5.11 Å². The lowest BCUT2D eigenvalue weighted by atomic mass is 10.2. The second-order valence-corrected chi connectivity index (χ2v) is 5.75. The zero-order valence-electron chi connectivity index (χ0n) is 10.2. The van der Waals surface area contributed by atoms with Gasteiger partial charge >= 0.3 is 0 Å². The summed E-state index contributed by atoms with van der Waals surface area (Å²) < 4.78 is 0. The molecule has 1 aliphatic rings. The Labute approximate surface area is 108 Å². The molecule has 1 fully saturated rings. The van der Waals surface area contributed by atoms with Crippen molar-refractivity contribution in [3.05, 3.63) is 30.3 Å². The van der Waals surface area contributed by atoms with Gasteiger partial charge in [0.25, 0.3) is 0 Å². The van der Waals surface area contributed by atoms with Crippen LogP contribution in [-0.4, -0.2) is 42.0 Å². The molecule has 1 N–H and O–H groups in total. The van der Waals surface area contributed by atoms with E-state index < -0.39 is 0 Å². The smallest absolute Gasteiger partial charge is 0.0443 e. The fraction of sp³-hybridized carbons (Fsp3) is 0.571. The second kappa shape index (κ2) is 7.04. The van der Waals surface area contributed by atoms with Crippen LogP contribution in [0.3, 0.4) is 0 Å². The zero-order chi connectivity index (χ0) is 11.9. The van der Waals surface area contributed by atoms with Gasteiger partial charge in [0.15, 0.2) is 0 Å². The van der Waals surface area contributed by atoms with Crippen LogP contribution < -0.4 is 0 Å². The van der Waals surface area contributed by atoms with Crippen LogP contribution in [-0.2, 0) is 0 Å². The molecule has 3 heteroatoms. The van der Waals surface area contributed by atoms with E-state index in [0.29, 0.717) is 6.61 Å². The number of hydrogen-bond acceptors (Lipinski definition) is 3. The molecule has 2 rings (SSSR count). The summed E-state index contributed by atoms with van der Waals surface area (Å²) in [6, 6.07) is 10.6. The van der Waals surface area contributed by atoms with Gasteiger partial charge < -0.3 is 10.0 Å². The molecule has 0 aromatic heterocycles. The molecule has 0 amide bonds. The fourth-order valence-corrected chi connectivity index (χ4v) is 3.33. The molecule has 0 spiro atoms. The lowest BCUT2D eigenvalue weighted by molar-refractivity contribution is 0.245. The van der Waals surface area contributed by atoms with E-state index in [1.165, 1.54) is 30.2 Å². The van der Waals surface area contributed by atoms with E-state index in [4.69, 9.17) is 5.11 Å². The summed E-state index contributed by atoms with van der Waals surface area (Å²) in [6.07, 6.45) is 2.23. The highest BCUT2D eigenvalue weighted by Gasteiger charge is 2.21. The Kier molecular flexibility index (Phi) is 5.36. The SMILES string of the molecule is OCCCN1CCC(CSc2ccccc2)C1. The van der Waals surface area contributed by atoms with Crippen LogP contribution in [0.2, 0.25) is 0 Å². The minimum Gasteiger partial charge on any atom is -0.396 e. The predicted molar refractivity (Wildman–Crippen MR) is 73.4 cm³/mol. The van der Waals surface area contributed by atoms with Gasteiger partial charge in [-0.2, -0.15) is 0 Å². The van der Waals surface area contributed by atoms with Crippen molar-refractivity contribution >= 4 is 11.8 Å². The molecule has 1 unspecified atom stereocenters. The first-order chi connectivity index (χ1) is 8.38. The minimum atomic E-state index is 0.319. The summed E-state index contributed by atoms with van der Waals surface area (Å²) in [6.45, 7) is 3.79. The lowest BCUT2D eigenvalue weighted by Crippen LogP contribution is -2.23. The van der Waals surface area contributed by atoms with Crippen LogP contribution in [0.25, 0.3) is 0 Å². The van der Waals surface area contributed by atoms with Gasteiger partial charge in [-0.25, -0.2) is 0 Å². The summed E-state index contributed by atoms with van der Waals surface area (Å²) in [7, 11) is 0. The van der Waals surface area contributed by atoms with Gasteiger partial charge in [0.05, 0.1) is 0 Å². The van der Waals surface area contributed by atoms with E-state index >= 15 is 0 Å². The zero-order valence-corrected chi connectivity index (χ0v) is 11.0. The van der Waals surface area contributed by atoms with E-state index in [9.17, 15) is 0 Å². The number of thioether (sulfide) groups is 1. The minimum absolute atomic E-state index is 0.319. The van der Waals surface area contributed by atoms with E-state index in [2.05, 4.69) is 35.2 Å². The quantitative estimate of drug-likeness (QED) is 0.786. The molecule has 17 heavy (non-hydrogen) atoms. The number of nitrogens with zero attached hydrogens (tertiary/aromatic N) is 1.